The Hall–Kier alpha value is -3.07. The molecule has 0 aliphatic heterocycles. The van der Waals surface area contributed by atoms with Gasteiger partial charge in [0.1, 0.15) is 17.4 Å². The largest absolute Gasteiger partial charge is 0.494 e. The molecule has 0 heterocycles. The Morgan fingerprint density at radius 2 is 1.89 bits per heavy atom. The van der Waals surface area contributed by atoms with Crippen LogP contribution in [0.5, 0.6) is 5.75 Å². The Morgan fingerprint density at radius 1 is 1.19 bits per heavy atom. The van der Waals surface area contributed by atoms with Gasteiger partial charge in [0.2, 0.25) is 5.91 Å². The second kappa shape index (κ2) is 8.54. The van der Waals surface area contributed by atoms with Gasteiger partial charge in [-0.15, -0.1) is 0 Å². The van der Waals surface area contributed by atoms with Gasteiger partial charge in [0.15, 0.2) is 0 Å². The molecule has 7 nitrogen and oxygen atoms in total. The molecule has 0 aromatic heterocycles. The van der Waals surface area contributed by atoms with E-state index in [9.17, 15) is 23.7 Å². The van der Waals surface area contributed by atoms with Gasteiger partial charge >= 0.3 is 0 Å². The maximum atomic E-state index is 13.8. The molecule has 0 aliphatic carbocycles. The van der Waals surface area contributed by atoms with Crippen molar-refractivity contribution in [1.82, 2.24) is 5.32 Å². The van der Waals surface area contributed by atoms with Crippen LogP contribution >= 0.6 is 0 Å². The van der Waals surface area contributed by atoms with Gasteiger partial charge in [-0.2, -0.15) is 0 Å². The van der Waals surface area contributed by atoms with Gasteiger partial charge < -0.3 is 10.1 Å². The number of nitro benzene ring substituents is 1. The van der Waals surface area contributed by atoms with E-state index in [4.69, 9.17) is 4.74 Å². The van der Waals surface area contributed by atoms with E-state index in [-0.39, 0.29) is 22.7 Å². The minimum absolute atomic E-state index is 0.141. The van der Waals surface area contributed by atoms with Gasteiger partial charge in [0.25, 0.3) is 5.69 Å². The van der Waals surface area contributed by atoms with Gasteiger partial charge in [-0.3, -0.25) is 20.2 Å². The van der Waals surface area contributed by atoms with E-state index in [0.29, 0.717) is 0 Å². The molecule has 2 aromatic carbocycles. The van der Waals surface area contributed by atoms with Crippen molar-refractivity contribution in [2.24, 2.45) is 0 Å². The van der Waals surface area contributed by atoms with Crippen LogP contribution in [0.1, 0.15) is 25.5 Å². The molecule has 0 spiro atoms. The molecule has 2 rings (SSSR count). The predicted octanol–water partition coefficient (Wildman–Crippen LogP) is 3.56. The topological polar surface area (TPSA) is 93.5 Å². The second-order valence-corrected chi connectivity index (χ2v) is 5.91. The van der Waals surface area contributed by atoms with Crippen LogP contribution in [-0.4, -0.2) is 24.0 Å². The molecule has 0 saturated heterocycles. The maximum absolute atomic E-state index is 13.8. The van der Waals surface area contributed by atoms with Crippen molar-refractivity contribution in [3.63, 3.8) is 0 Å². The lowest BCUT2D eigenvalue weighted by Gasteiger charge is -2.21. The average molecular weight is 379 g/mol. The van der Waals surface area contributed by atoms with E-state index in [1.807, 2.05) is 0 Å². The Bertz CT molecular complexity index is 860. The second-order valence-electron chi connectivity index (χ2n) is 5.91. The fraction of sp³-hybridized carbons (Fsp3) is 0.278. The number of nitrogens with zero attached hydrogens (tertiary/aromatic N) is 1. The van der Waals surface area contributed by atoms with Gasteiger partial charge in [-0.05, 0) is 26.0 Å². The lowest BCUT2D eigenvalue weighted by Crippen LogP contribution is -2.39. The summed E-state index contributed by atoms with van der Waals surface area (Å²) in [6.07, 6.45) is 0. The van der Waals surface area contributed by atoms with Crippen molar-refractivity contribution in [3.05, 3.63) is 63.7 Å². The first-order chi connectivity index (χ1) is 12.7. The first-order valence-corrected chi connectivity index (χ1v) is 8.07. The molecule has 2 N–H and O–H groups in total. The highest BCUT2D eigenvalue weighted by molar-refractivity contribution is 5.96. The normalized spacial score (nSPS) is 12.9. The number of halogens is 2. The van der Waals surface area contributed by atoms with Crippen LogP contribution in [-0.2, 0) is 4.79 Å². The van der Waals surface area contributed by atoms with Crippen molar-refractivity contribution in [1.29, 1.82) is 0 Å². The van der Waals surface area contributed by atoms with E-state index in [0.717, 1.165) is 12.1 Å². The Morgan fingerprint density at radius 3 is 2.48 bits per heavy atom. The fourth-order valence-electron chi connectivity index (χ4n) is 2.53. The number of non-ortho nitro benzene ring substituents is 1. The zero-order valence-corrected chi connectivity index (χ0v) is 15.0. The smallest absolute Gasteiger partial charge is 0.273 e. The number of amides is 1. The van der Waals surface area contributed by atoms with Gasteiger partial charge in [-0.1, -0.05) is 6.07 Å². The van der Waals surface area contributed by atoms with Crippen LogP contribution in [0.2, 0.25) is 0 Å². The molecule has 0 bridgehead atoms. The number of hydrogen-bond donors (Lipinski definition) is 2. The summed E-state index contributed by atoms with van der Waals surface area (Å²) in [4.78, 5) is 22.6. The number of anilines is 1. The van der Waals surface area contributed by atoms with Crippen molar-refractivity contribution >= 4 is 17.3 Å². The lowest BCUT2D eigenvalue weighted by molar-refractivity contribution is -0.384. The van der Waals surface area contributed by atoms with E-state index < -0.39 is 34.5 Å². The predicted molar refractivity (Wildman–Crippen MR) is 95.6 cm³/mol. The number of methoxy groups -OCH3 is 1. The third-order valence-corrected chi connectivity index (χ3v) is 3.98. The van der Waals surface area contributed by atoms with Crippen molar-refractivity contribution < 1.29 is 23.2 Å². The molecular weight excluding hydrogens is 360 g/mol. The summed E-state index contributed by atoms with van der Waals surface area (Å²) in [5, 5.41) is 16.3. The fourth-order valence-corrected chi connectivity index (χ4v) is 2.53. The first-order valence-electron chi connectivity index (χ1n) is 8.07. The zero-order chi connectivity index (χ0) is 20.1. The molecule has 0 aliphatic rings. The molecule has 2 aromatic rings. The van der Waals surface area contributed by atoms with Crippen LogP contribution in [0, 0.1) is 21.7 Å². The average Bonchev–Trinajstić information content (AvgIpc) is 2.61. The Balaban J connectivity index is 2.08. The standard InChI is InChI=1S/C18H19F2N3O4/c1-10(14-6-4-12(19)8-15(14)20)21-11(2)18(24)22-16-7-5-13(23(25)26)9-17(16)27-3/h4-11,21H,1-3H3,(H,22,24)/t10-,11-/m0/s1. The van der Waals surface area contributed by atoms with Crippen LogP contribution in [0.15, 0.2) is 36.4 Å². The molecule has 0 unspecified atom stereocenters. The van der Waals surface area contributed by atoms with E-state index >= 15 is 0 Å². The quantitative estimate of drug-likeness (QED) is 0.567. The first kappa shape index (κ1) is 20.2. The molecule has 144 valence electrons. The minimum atomic E-state index is -0.732. The zero-order valence-electron chi connectivity index (χ0n) is 15.0. The third kappa shape index (κ3) is 4.98. The molecule has 9 heteroatoms. The van der Waals surface area contributed by atoms with Gasteiger partial charge in [0.05, 0.1) is 29.8 Å². The van der Waals surface area contributed by atoms with Crippen LogP contribution in [0.4, 0.5) is 20.2 Å². The monoisotopic (exact) mass is 379 g/mol. The summed E-state index contributed by atoms with van der Waals surface area (Å²) >= 11 is 0. The molecule has 27 heavy (non-hydrogen) atoms. The molecule has 2 atom stereocenters. The molecule has 1 amide bonds. The number of ether oxygens (including phenoxy) is 1. The summed E-state index contributed by atoms with van der Waals surface area (Å²) in [5.41, 5.74) is 0.322. The maximum Gasteiger partial charge on any atom is 0.273 e. The highest BCUT2D eigenvalue weighted by Gasteiger charge is 2.20. The number of carbonyl (C=O) groups is 1. The number of nitrogens with one attached hydrogen (secondary N) is 2. The van der Waals surface area contributed by atoms with Crippen LogP contribution < -0.4 is 15.4 Å². The molecule has 0 fully saturated rings. The van der Waals surface area contributed by atoms with E-state index in [1.54, 1.807) is 13.8 Å². The number of benzene rings is 2. The van der Waals surface area contributed by atoms with Crippen LogP contribution in [0.3, 0.4) is 0 Å². The van der Waals surface area contributed by atoms with E-state index in [2.05, 4.69) is 10.6 Å². The Kier molecular flexibility index (Phi) is 6.40. The molecular formula is C18H19F2N3O4. The highest BCUT2D eigenvalue weighted by Crippen LogP contribution is 2.29. The summed E-state index contributed by atoms with van der Waals surface area (Å²) in [6, 6.07) is 5.76. The summed E-state index contributed by atoms with van der Waals surface area (Å²) in [5.74, 6) is -1.70. The number of hydrogen-bond acceptors (Lipinski definition) is 5. The highest BCUT2D eigenvalue weighted by atomic mass is 19.1. The van der Waals surface area contributed by atoms with Gasteiger partial charge in [-0.25, -0.2) is 8.78 Å². The van der Waals surface area contributed by atoms with Gasteiger partial charge in [0, 0.05) is 23.7 Å². The lowest BCUT2D eigenvalue weighted by atomic mass is 10.1. The van der Waals surface area contributed by atoms with Crippen molar-refractivity contribution in [2.45, 2.75) is 25.9 Å². The summed E-state index contributed by atoms with van der Waals surface area (Å²) in [6.45, 7) is 3.22. The SMILES string of the molecule is COc1cc([N+](=O)[O-])ccc1NC(=O)[C@H](C)N[C@@H](C)c1ccc(F)cc1F. The summed E-state index contributed by atoms with van der Waals surface area (Å²) in [7, 11) is 1.33. The number of rotatable bonds is 7. The molecule has 0 saturated carbocycles. The number of carbonyl (C=O) groups excluding carboxylic acids is 1. The summed E-state index contributed by atoms with van der Waals surface area (Å²) < 4.78 is 31.9. The third-order valence-electron chi connectivity index (χ3n) is 3.98. The molecule has 0 radical (unpaired) electrons. The minimum Gasteiger partial charge on any atom is -0.494 e. The van der Waals surface area contributed by atoms with Crippen molar-refractivity contribution in [2.75, 3.05) is 12.4 Å². The van der Waals surface area contributed by atoms with Crippen LogP contribution in [0.25, 0.3) is 0 Å². The number of nitro groups is 1. The Labute approximate surface area is 154 Å². The van der Waals surface area contributed by atoms with Crippen molar-refractivity contribution in [3.8, 4) is 5.75 Å². The van der Waals surface area contributed by atoms with E-state index in [1.165, 1.54) is 31.4 Å².